The summed E-state index contributed by atoms with van der Waals surface area (Å²) in [7, 11) is 0. The van der Waals surface area contributed by atoms with Crippen LogP contribution in [0.3, 0.4) is 0 Å². The number of nitrogen functional groups attached to an aromatic ring is 1. The molecule has 0 aliphatic rings. The quantitative estimate of drug-likeness (QED) is 0.696. The van der Waals surface area contributed by atoms with Gasteiger partial charge < -0.3 is 16.2 Å². The van der Waals surface area contributed by atoms with Crippen LogP contribution in [0, 0.1) is 0 Å². The van der Waals surface area contributed by atoms with Gasteiger partial charge >= 0.3 is 0 Å². The van der Waals surface area contributed by atoms with E-state index >= 15 is 0 Å². The monoisotopic (exact) mass is 242 g/mol. The van der Waals surface area contributed by atoms with E-state index in [0.29, 0.717) is 17.1 Å². The van der Waals surface area contributed by atoms with Crippen molar-refractivity contribution in [3.05, 3.63) is 23.2 Å². The van der Waals surface area contributed by atoms with Gasteiger partial charge in [-0.05, 0) is 38.0 Å². The Morgan fingerprint density at radius 1 is 1.50 bits per heavy atom. The average Bonchev–Trinajstić information content (AvgIpc) is 2.23. The summed E-state index contributed by atoms with van der Waals surface area (Å²) in [6.45, 7) is 4.30. The van der Waals surface area contributed by atoms with Crippen LogP contribution in [-0.2, 0) is 0 Å². The van der Waals surface area contributed by atoms with E-state index in [0.717, 1.165) is 12.1 Å². The molecular formula is C12H19ClN2O. The van der Waals surface area contributed by atoms with E-state index in [2.05, 4.69) is 19.2 Å². The molecule has 1 unspecified atom stereocenters. The second-order valence-electron chi connectivity index (χ2n) is 4.24. The molecule has 0 aliphatic carbocycles. The zero-order valence-corrected chi connectivity index (χ0v) is 10.5. The molecule has 4 N–H and O–H groups in total. The van der Waals surface area contributed by atoms with Crippen molar-refractivity contribution < 1.29 is 5.11 Å². The summed E-state index contributed by atoms with van der Waals surface area (Å²) >= 11 is 5.84. The molecule has 1 aromatic rings. The van der Waals surface area contributed by atoms with Gasteiger partial charge in [-0.1, -0.05) is 18.5 Å². The molecule has 1 aromatic carbocycles. The van der Waals surface area contributed by atoms with Crippen LogP contribution in [0.1, 0.15) is 26.7 Å². The van der Waals surface area contributed by atoms with Crippen molar-refractivity contribution in [2.24, 2.45) is 0 Å². The summed E-state index contributed by atoms with van der Waals surface area (Å²) in [5.41, 5.74) is 7.22. The third-order valence-corrected chi connectivity index (χ3v) is 3.13. The number of nitrogens with one attached hydrogen (secondary N) is 1. The van der Waals surface area contributed by atoms with Gasteiger partial charge in [-0.15, -0.1) is 0 Å². The Balaban J connectivity index is 2.85. The van der Waals surface area contributed by atoms with Crippen LogP contribution in [0.2, 0.25) is 5.02 Å². The van der Waals surface area contributed by atoms with Gasteiger partial charge in [0.2, 0.25) is 0 Å². The molecule has 1 rings (SSSR count). The lowest BCUT2D eigenvalue weighted by molar-refractivity contribution is 0.252. The van der Waals surface area contributed by atoms with Gasteiger partial charge in [0.25, 0.3) is 0 Å². The zero-order valence-electron chi connectivity index (χ0n) is 9.76. The molecule has 0 fully saturated rings. The fourth-order valence-corrected chi connectivity index (χ4v) is 1.73. The minimum Gasteiger partial charge on any atom is -0.397 e. The number of halogens is 1. The first kappa shape index (κ1) is 13.1. The van der Waals surface area contributed by atoms with Crippen molar-refractivity contribution in [1.82, 2.24) is 0 Å². The number of aliphatic hydroxyl groups excluding tert-OH is 1. The molecule has 0 bridgehead atoms. The van der Waals surface area contributed by atoms with Gasteiger partial charge in [-0.2, -0.15) is 0 Å². The predicted molar refractivity (Wildman–Crippen MR) is 69.9 cm³/mol. The fourth-order valence-electron chi connectivity index (χ4n) is 1.55. The Kier molecular flexibility index (Phi) is 4.44. The molecule has 0 aliphatic heterocycles. The maximum atomic E-state index is 9.03. The predicted octanol–water partition coefficient (Wildman–Crippen LogP) is 2.89. The second-order valence-corrected chi connectivity index (χ2v) is 4.68. The highest BCUT2D eigenvalue weighted by molar-refractivity contribution is 6.31. The highest BCUT2D eigenvalue weighted by atomic mass is 35.5. The standard InChI is InChI=1S/C12H19ClN2O/c1-3-12(2,6-7-16)15-11-5-4-9(13)8-10(11)14/h4-5,8,15-16H,3,6-7,14H2,1-2H3. The first-order valence-electron chi connectivity index (χ1n) is 5.45. The Bertz CT molecular complexity index is 357. The Morgan fingerprint density at radius 2 is 2.19 bits per heavy atom. The molecule has 0 saturated heterocycles. The lowest BCUT2D eigenvalue weighted by atomic mass is 9.94. The maximum Gasteiger partial charge on any atom is 0.0579 e. The highest BCUT2D eigenvalue weighted by Gasteiger charge is 2.21. The van der Waals surface area contributed by atoms with Gasteiger partial charge in [0, 0.05) is 17.2 Å². The lowest BCUT2D eigenvalue weighted by Crippen LogP contribution is -2.35. The first-order chi connectivity index (χ1) is 7.50. The molecule has 0 heterocycles. The van der Waals surface area contributed by atoms with Crippen LogP contribution in [-0.4, -0.2) is 17.3 Å². The van der Waals surface area contributed by atoms with E-state index in [1.54, 1.807) is 12.1 Å². The topological polar surface area (TPSA) is 58.3 Å². The van der Waals surface area contributed by atoms with Crippen LogP contribution >= 0.6 is 11.6 Å². The van der Waals surface area contributed by atoms with Crippen LogP contribution in [0.15, 0.2) is 18.2 Å². The van der Waals surface area contributed by atoms with Gasteiger partial charge in [-0.3, -0.25) is 0 Å². The summed E-state index contributed by atoms with van der Waals surface area (Å²) in [5, 5.41) is 13.0. The summed E-state index contributed by atoms with van der Waals surface area (Å²) < 4.78 is 0. The summed E-state index contributed by atoms with van der Waals surface area (Å²) in [6, 6.07) is 5.39. The number of rotatable bonds is 5. The molecular weight excluding hydrogens is 224 g/mol. The van der Waals surface area contributed by atoms with E-state index in [9.17, 15) is 0 Å². The average molecular weight is 243 g/mol. The van der Waals surface area contributed by atoms with E-state index in [1.165, 1.54) is 0 Å². The number of hydrogen-bond acceptors (Lipinski definition) is 3. The third kappa shape index (κ3) is 3.29. The molecule has 0 saturated carbocycles. The van der Waals surface area contributed by atoms with Crippen molar-refractivity contribution in [2.75, 3.05) is 17.7 Å². The number of benzene rings is 1. The van der Waals surface area contributed by atoms with Crippen molar-refractivity contribution >= 4 is 23.0 Å². The van der Waals surface area contributed by atoms with Crippen LogP contribution in [0.4, 0.5) is 11.4 Å². The Labute approximate surface area is 102 Å². The van der Waals surface area contributed by atoms with Gasteiger partial charge in [0.15, 0.2) is 0 Å². The van der Waals surface area contributed by atoms with E-state index in [4.69, 9.17) is 22.4 Å². The van der Waals surface area contributed by atoms with E-state index < -0.39 is 0 Å². The SMILES string of the molecule is CCC(C)(CCO)Nc1ccc(Cl)cc1N. The number of aliphatic hydroxyl groups is 1. The fraction of sp³-hybridized carbons (Fsp3) is 0.500. The molecule has 0 spiro atoms. The molecule has 0 amide bonds. The van der Waals surface area contributed by atoms with Crippen molar-refractivity contribution in [3.8, 4) is 0 Å². The molecule has 0 aromatic heterocycles. The largest absolute Gasteiger partial charge is 0.397 e. The van der Waals surface area contributed by atoms with Crippen molar-refractivity contribution in [2.45, 2.75) is 32.2 Å². The molecule has 4 heteroatoms. The van der Waals surface area contributed by atoms with Crippen molar-refractivity contribution in [1.29, 1.82) is 0 Å². The van der Waals surface area contributed by atoms with Crippen LogP contribution in [0.25, 0.3) is 0 Å². The number of hydrogen-bond donors (Lipinski definition) is 3. The third-order valence-electron chi connectivity index (χ3n) is 2.89. The smallest absolute Gasteiger partial charge is 0.0579 e. The second kappa shape index (κ2) is 5.41. The van der Waals surface area contributed by atoms with E-state index in [-0.39, 0.29) is 12.1 Å². The highest BCUT2D eigenvalue weighted by Crippen LogP contribution is 2.28. The first-order valence-corrected chi connectivity index (χ1v) is 5.82. The molecule has 90 valence electrons. The minimum absolute atomic E-state index is 0.142. The minimum atomic E-state index is -0.142. The summed E-state index contributed by atoms with van der Waals surface area (Å²) in [5.74, 6) is 0. The molecule has 1 atom stereocenters. The van der Waals surface area contributed by atoms with Crippen LogP contribution < -0.4 is 11.1 Å². The van der Waals surface area contributed by atoms with Gasteiger partial charge in [0.1, 0.15) is 0 Å². The van der Waals surface area contributed by atoms with Crippen molar-refractivity contribution in [3.63, 3.8) is 0 Å². The number of nitrogens with two attached hydrogens (primary N) is 1. The summed E-state index contributed by atoms with van der Waals surface area (Å²) in [6.07, 6.45) is 1.60. The van der Waals surface area contributed by atoms with Gasteiger partial charge in [-0.25, -0.2) is 0 Å². The Morgan fingerprint density at radius 3 is 2.69 bits per heavy atom. The molecule has 3 nitrogen and oxygen atoms in total. The molecule has 0 radical (unpaired) electrons. The maximum absolute atomic E-state index is 9.03. The lowest BCUT2D eigenvalue weighted by Gasteiger charge is -2.30. The zero-order chi connectivity index (χ0) is 12.2. The Hall–Kier alpha value is -0.930. The number of anilines is 2. The van der Waals surface area contributed by atoms with Crippen LogP contribution in [0.5, 0.6) is 0 Å². The summed E-state index contributed by atoms with van der Waals surface area (Å²) in [4.78, 5) is 0. The van der Waals surface area contributed by atoms with E-state index in [1.807, 2.05) is 6.07 Å². The molecule has 16 heavy (non-hydrogen) atoms. The van der Waals surface area contributed by atoms with Gasteiger partial charge in [0.05, 0.1) is 11.4 Å². The normalized spacial score (nSPS) is 14.5.